The van der Waals surface area contributed by atoms with E-state index in [1.807, 2.05) is 0 Å². The van der Waals surface area contributed by atoms with E-state index in [9.17, 15) is 9.90 Å². The van der Waals surface area contributed by atoms with Crippen molar-refractivity contribution in [1.82, 2.24) is 19.9 Å². The van der Waals surface area contributed by atoms with Crippen LogP contribution in [-0.4, -0.2) is 30.8 Å². The molecule has 6 heteroatoms. The lowest BCUT2D eigenvalue weighted by atomic mass is 9.78. The van der Waals surface area contributed by atoms with Crippen LogP contribution in [0.15, 0.2) is 78.9 Å². The molecular weight excluding hydrogens is 833 g/mol. The number of H-pyrrole nitrogens is 2. The Hall–Kier alpha value is -6.01. The van der Waals surface area contributed by atoms with Gasteiger partial charge in [0.2, 0.25) is 0 Å². The minimum Gasteiger partial charge on any atom is -0.506 e. The highest BCUT2D eigenvalue weighted by atomic mass is 16.3. The number of aromatic amines is 2. The number of nitrogens with one attached hydrogen (secondary N) is 2. The predicted molar refractivity (Wildman–Crippen MR) is 288 cm³/mol. The number of Topliss-reactive ketones (excluding diaryl/α,β-unsaturated/α-hetero) is 1. The molecule has 0 unspecified atom stereocenters. The van der Waals surface area contributed by atoms with Gasteiger partial charge in [-0.2, -0.15) is 0 Å². The smallest absolute Gasteiger partial charge is 0.187 e. The lowest BCUT2D eigenvalue weighted by molar-refractivity contribution is 0.0998. The quantitative estimate of drug-likeness (QED) is 0.165. The van der Waals surface area contributed by atoms with E-state index in [0.29, 0.717) is 22.4 Å². The molecule has 2 aliphatic rings. The van der Waals surface area contributed by atoms with Crippen molar-refractivity contribution in [2.24, 2.45) is 0 Å². The second-order valence-electron chi connectivity index (χ2n) is 25.7. The van der Waals surface area contributed by atoms with Gasteiger partial charge >= 0.3 is 0 Å². The van der Waals surface area contributed by atoms with Crippen molar-refractivity contribution in [3.63, 3.8) is 0 Å². The molecular formula is C62H74N4O2. The number of rotatable bonds is 3. The maximum absolute atomic E-state index is 14.3. The highest BCUT2D eigenvalue weighted by Crippen LogP contribution is 2.43. The number of hydrogen-bond donors (Lipinski definition) is 3. The van der Waals surface area contributed by atoms with Crippen molar-refractivity contribution >= 4 is 40.0 Å². The Balaban J connectivity index is 1.61. The molecule has 354 valence electrons. The molecule has 2 aliphatic heterocycles. The molecule has 6 nitrogen and oxygen atoms in total. The van der Waals surface area contributed by atoms with Gasteiger partial charge in [0, 0.05) is 33.8 Å². The Bertz CT molecular complexity index is 3120. The minimum absolute atomic E-state index is 0.0343. The molecule has 6 aromatic rings. The summed E-state index contributed by atoms with van der Waals surface area (Å²) in [4.78, 5) is 32.6. The molecule has 3 aromatic heterocycles. The van der Waals surface area contributed by atoms with Gasteiger partial charge in [-0.3, -0.25) is 4.79 Å². The highest BCUT2D eigenvalue weighted by molar-refractivity contribution is 6.02. The second-order valence-corrected chi connectivity index (χ2v) is 25.7. The van der Waals surface area contributed by atoms with Crippen LogP contribution in [0.2, 0.25) is 0 Å². The Morgan fingerprint density at radius 2 is 0.750 bits per heavy atom. The van der Waals surface area contributed by atoms with Crippen LogP contribution >= 0.6 is 0 Å². The lowest BCUT2D eigenvalue weighted by Gasteiger charge is -2.26. The maximum Gasteiger partial charge on any atom is 0.187 e. The zero-order valence-electron chi connectivity index (χ0n) is 44.1. The van der Waals surface area contributed by atoms with Crippen LogP contribution in [0.3, 0.4) is 0 Å². The first-order chi connectivity index (χ1) is 31.3. The number of carbonyl (C=O) groups is 1. The summed E-state index contributed by atoms with van der Waals surface area (Å²) in [6, 6.07) is 28.6. The van der Waals surface area contributed by atoms with Gasteiger partial charge in [0.1, 0.15) is 11.4 Å². The third kappa shape index (κ3) is 9.53. The van der Waals surface area contributed by atoms with Gasteiger partial charge in [0.15, 0.2) is 5.78 Å². The number of hydrogen-bond acceptors (Lipinski definition) is 4. The van der Waals surface area contributed by atoms with Crippen LogP contribution in [-0.2, 0) is 38.9 Å². The van der Waals surface area contributed by atoms with E-state index in [1.165, 1.54) is 33.4 Å². The number of benzene rings is 3. The molecule has 0 fully saturated rings. The van der Waals surface area contributed by atoms with Crippen LogP contribution in [0.1, 0.15) is 186 Å². The van der Waals surface area contributed by atoms with Crippen molar-refractivity contribution < 1.29 is 9.90 Å². The summed E-state index contributed by atoms with van der Waals surface area (Å²) in [6.07, 6.45) is 4.38. The van der Waals surface area contributed by atoms with Crippen molar-refractivity contribution in [1.29, 1.82) is 0 Å². The first kappa shape index (κ1) is 48.4. The zero-order valence-corrected chi connectivity index (χ0v) is 44.1. The van der Waals surface area contributed by atoms with E-state index in [1.54, 1.807) is 12.1 Å². The van der Waals surface area contributed by atoms with Gasteiger partial charge in [-0.15, -0.1) is 0 Å². The molecule has 0 spiro atoms. The normalized spacial score (nSPS) is 14.0. The third-order valence-corrected chi connectivity index (χ3v) is 13.8. The van der Waals surface area contributed by atoms with Crippen molar-refractivity contribution in [2.75, 3.05) is 0 Å². The summed E-state index contributed by atoms with van der Waals surface area (Å²) < 4.78 is 0. The lowest BCUT2D eigenvalue weighted by Crippen LogP contribution is -2.16. The number of aromatic nitrogens is 4. The van der Waals surface area contributed by atoms with Gasteiger partial charge in [0.25, 0.3) is 0 Å². The molecule has 68 heavy (non-hydrogen) atoms. The van der Waals surface area contributed by atoms with Crippen LogP contribution in [0.25, 0.3) is 67.6 Å². The largest absolute Gasteiger partial charge is 0.506 e. The molecule has 8 bridgehead atoms. The molecule has 0 amide bonds. The van der Waals surface area contributed by atoms with Crippen molar-refractivity contribution in [3.05, 3.63) is 135 Å². The summed E-state index contributed by atoms with van der Waals surface area (Å²) in [7, 11) is 0. The van der Waals surface area contributed by atoms with Gasteiger partial charge < -0.3 is 15.1 Å². The van der Waals surface area contributed by atoms with E-state index in [2.05, 4.69) is 213 Å². The third-order valence-electron chi connectivity index (χ3n) is 13.8. The van der Waals surface area contributed by atoms with Gasteiger partial charge in [-0.25, -0.2) is 9.97 Å². The predicted octanol–water partition coefficient (Wildman–Crippen LogP) is 16.4. The van der Waals surface area contributed by atoms with Gasteiger partial charge in [0.05, 0.1) is 34.5 Å². The fraction of sp³-hybridized carbons (Fsp3) is 0.403. The fourth-order valence-corrected chi connectivity index (χ4v) is 9.19. The van der Waals surface area contributed by atoms with E-state index < -0.39 is 0 Å². The number of ketones is 1. The average molecular weight is 907 g/mol. The first-order valence-electron chi connectivity index (χ1n) is 24.5. The first-order valence-corrected chi connectivity index (χ1v) is 24.5. The Kier molecular flexibility index (Phi) is 11.6. The van der Waals surface area contributed by atoms with E-state index in [-0.39, 0.29) is 50.4 Å². The summed E-state index contributed by atoms with van der Waals surface area (Å²) in [6.45, 7) is 40.6. The van der Waals surface area contributed by atoms with Crippen LogP contribution in [0.5, 0.6) is 5.75 Å². The standard InChI is InChI=1S/C62H74N4O2/c1-57(2,3)38-23-35(24-39(29-38)58(4,5)6)54-44-19-21-46(63-44)55(36-25-40(59(7,8)9)30-41(26-36)60(10,11)12)50-33-52(67)48(65-50)32-49-53(68)34-51(66-49)56(47-22-20-45(54)64-47)37-27-42(61(13,14)15)31-43(28-37)62(16,17)18/h19-33,64-65,67H,34H2,1-18H3. The summed E-state index contributed by atoms with van der Waals surface area (Å²) >= 11 is 0. The highest BCUT2D eigenvalue weighted by Gasteiger charge is 2.29. The second kappa shape index (κ2) is 16.3. The minimum atomic E-state index is -0.140. The molecule has 8 rings (SSSR count). The number of nitrogens with zero attached hydrogens (tertiary/aromatic N) is 2. The summed E-state index contributed by atoms with van der Waals surface area (Å²) in [5.74, 6) is -0.0704. The van der Waals surface area contributed by atoms with Crippen LogP contribution < -0.4 is 0 Å². The van der Waals surface area contributed by atoms with Gasteiger partial charge in [-0.1, -0.05) is 179 Å². The van der Waals surface area contributed by atoms with E-state index in [4.69, 9.17) is 9.97 Å². The van der Waals surface area contributed by atoms with Crippen LogP contribution in [0, 0.1) is 0 Å². The number of aromatic hydroxyl groups is 1. The van der Waals surface area contributed by atoms with E-state index >= 15 is 0 Å². The fourth-order valence-electron chi connectivity index (χ4n) is 9.19. The molecule has 0 atom stereocenters. The Labute approximate surface area is 405 Å². The van der Waals surface area contributed by atoms with Crippen LogP contribution in [0.4, 0.5) is 0 Å². The topological polar surface area (TPSA) is 94.7 Å². The molecule has 0 saturated heterocycles. The summed E-state index contributed by atoms with van der Waals surface area (Å²) in [5.41, 5.74) is 17.7. The molecule has 0 aliphatic carbocycles. The number of fused-ring (bicyclic) bond motifs is 8. The Morgan fingerprint density at radius 1 is 0.412 bits per heavy atom. The number of carbonyl (C=O) groups excluding carboxylic acids is 1. The van der Waals surface area contributed by atoms with E-state index in [0.717, 1.165) is 55.8 Å². The molecule has 5 heterocycles. The molecule has 3 N–H and O–H groups in total. The molecule has 3 aromatic carbocycles. The summed E-state index contributed by atoms with van der Waals surface area (Å²) in [5, 5.41) is 11.8. The monoisotopic (exact) mass is 907 g/mol. The van der Waals surface area contributed by atoms with Crippen molar-refractivity contribution in [2.45, 2.75) is 164 Å². The molecule has 0 radical (unpaired) electrons. The Morgan fingerprint density at radius 3 is 1.13 bits per heavy atom. The maximum atomic E-state index is 14.3. The molecule has 0 saturated carbocycles. The zero-order chi connectivity index (χ0) is 49.8. The van der Waals surface area contributed by atoms with Gasteiger partial charge in [-0.05, 0) is 113 Å². The average Bonchev–Trinajstić information content (AvgIpc) is 4.02. The van der Waals surface area contributed by atoms with Crippen molar-refractivity contribution in [3.8, 4) is 39.1 Å². The SMILES string of the molecule is CC(C)(C)c1cc(-c2c3nc(c(-c4cc(C(C)(C)C)cc(C(C)(C)C)c4)c4ccc([nH]4)c(-c4cc(C(C)(C)C)cc(C(C)(C)C)c4)c4nc(cc5[nH]c2cc5O)C(=O)C4)C=C3)cc(C(C)(C)C)c1.